The number of nitrogens with zero attached hydrogens (tertiary/aromatic N) is 4. The van der Waals surface area contributed by atoms with Gasteiger partial charge in [0, 0.05) is 41.6 Å². The van der Waals surface area contributed by atoms with Gasteiger partial charge in [-0.1, -0.05) is 18.2 Å². The largest absolute Gasteiger partial charge is 0.368 e. The Labute approximate surface area is 161 Å². The summed E-state index contributed by atoms with van der Waals surface area (Å²) >= 11 is 0. The molecule has 4 aromatic rings. The number of hydrogen-bond donors (Lipinski definition) is 2. The van der Waals surface area contributed by atoms with Crippen molar-refractivity contribution in [2.75, 3.05) is 11.1 Å². The number of nitrogen functional groups attached to an aromatic ring is 1. The molecule has 0 spiro atoms. The monoisotopic (exact) mass is 368 g/mol. The van der Waals surface area contributed by atoms with E-state index in [1.807, 2.05) is 36.4 Å². The third kappa shape index (κ3) is 3.68. The molecule has 0 bridgehead atoms. The molecule has 1 aromatic carbocycles. The van der Waals surface area contributed by atoms with E-state index in [0.29, 0.717) is 17.1 Å². The number of hydrogen-bond acceptors (Lipinski definition) is 6. The Balaban J connectivity index is 1.70. The molecular formula is C21H16N6O. The molecule has 0 unspecified atom stereocenters. The molecule has 0 aliphatic rings. The fraction of sp³-hybridized carbons (Fsp3) is 0. The van der Waals surface area contributed by atoms with Crippen LogP contribution < -0.4 is 11.1 Å². The van der Waals surface area contributed by atoms with Crippen LogP contribution in [0.1, 0.15) is 10.5 Å². The minimum atomic E-state index is -0.279. The first kappa shape index (κ1) is 17.3. The second kappa shape index (κ2) is 7.63. The van der Waals surface area contributed by atoms with Crippen LogP contribution in [0.25, 0.3) is 22.4 Å². The van der Waals surface area contributed by atoms with E-state index < -0.39 is 0 Å². The first-order valence-electron chi connectivity index (χ1n) is 8.56. The predicted octanol–water partition coefficient (Wildman–Crippen LogP) is 3.44. The summed E-state index contributed by atoms with van der Waals surface area (Å²) in [6.07, 6.45) is 6.67. The third-order valence-electron chi connectivity index (χ3n) is 4.07. The number of rotatable bonds is 4. The van der Waals surface area contributed by atoms with Gasteiger partial charge < -0.3 is 11.1 Å². The summed E-state index contributed by atoms with van der Waals surface area (Å²) < 4.78 is 0. The van der Waals surface area contributed by atoms with Crippen molar-refractivity contribution in [2.24, 2.45) is 0 Å². The van der Waals surface area contributed by atoms with E-state index in [0.717, 1.165) is 16.7 Å². The highest BCUT2D eigenvalue weighted by Crippen LogP contribution is 2.31. The second-order valence-corrected chi connectivity index (χ2v) is 5.98. The van der Waals surface area contributed by atoms with Gasteiger partial charge in [-0.2, -0.15) is 0 Å². The lowest BCUT2D eigenvalue weighted by Crippen LogP contribution is -2.13. The molecule has 0 aliphatic heterocycles. The molecule has 0 saturated heterocycles. The summed E-state index contributed by atoms with van der Waals surface area (Å²) in [6.45, 7) is 0. The molecule has 136 valence electrons. The molecule has 3 aromatic heterocycles. The number of amides is 1. The fourth-order valence-electron chi connectivity index (χ4n) is 2.79. The molecule has 7 nitrogen and oxygen atoms in total. The Morgan fingerprint density at radius 1 is 0.893 bits per heavy atom. The molecule has 3 N–H and O–H groups in total. The summed E-state index contributed by atoms with van der Waals surface area (Å²) in [5.41, 5.74) is 9.92. The standard InChI is InChI=1S/C21H16N6O/c22-21-25-13-17(19(27-21)15-6-4-9-23-12-15)14-5-3-7-16(11-14)26-20(28)18-8-1-2-10-24-18/h1-13H,(H,26,28)(H2,22,25,27). The third-order valence-corrected chi connectivity index (χ3v) is 4.07. The van der Waals surface area contributed by atoms with Gasteiger partial charge in [0.1, 0.15) is 5.69 Å². The van der Waals surface area contributed by atoms with Crippen molar-refractivity contribution in [1.82, 2.24) is 19.9 Å². The minimum Gasteiger partial charge on any atom is -0.368 e. The van der Waals surface area contributed by atoms with Crippen LogP contribution in [-0.4, -0.2) is 25.8 Å². The maximum Gasteiger partial charge on any atom is 0.274 e. The van der Waals surface area contributed by atoms with Gasteiger partial charge in [-0.05, 0) is 42.0 Å². The fourth-order valence-corrected chi connectivity index (χ4v) is 2.79. The number of carbonyl (C=O) groups is 1. The molecule has 3 heterocycles. The van der Waals surface area contributed by atoms with Crippen LogP contribution in [-0.2, 0) is 0 Å². The average Bonchev–Trinajstić information content (AvgIpc) is 2.75. The zero-order valence-electron chi connectivity index (χ0n) is 14.8. The molecule has 4 rings (SSSR count). The number of pyridine rings is 2. The minimum absolute atomic E-state index is 0.183. The first-order chi connectivity index (χ1) is 13.7. The lowest BCUT2D eigenvalue weighted by atomic mass is 10.0. The van der Waals surface area contributed by atoms with E-state index in [1.54, 1.807) is 43.0 Å². The lowest BCUT2D eigenvalue weighted by molar-refractivity contribution is 0.102. The van der Waals surface area contributed by atoms with E-state index >= 15 is 0 Å². The van der Waals surface area contributed by atoms with Gasteiger partial charge in [0.2, 0.25) is 5.95 Å². The highest BCUT2D eigenvalue weighted by Gasteiger charge is 2.13. The number of carbonyl (C=O) groups excluding carboxylic acids is 1. The maximum absolute atomic E-state index is 12.4. The van der Waals surface area contributed by atoms with Gasteiger partial charge >= 0.3 is 0 Å². The summed E-state index contributed by atoms with van der Waals surface area (Å²) in [5.74, 6) is -0.0963. The quantitative estimate of drug-likeness (QED) is 0.571. The van der Waals surface area contributed by atoms with Crippen molar-refractivity contribution in [3.05, 3.63) is 85.1 Å². The number of aromatic nitrogens is 4. The normalized spacial score (nSPS) is 10.4. The lowest BCUT2D eigenvalue weighted by Gasteiger charge is -2.11. The van der Waals surface area contributed by atoms with Gasteiger partial charge in [0.05, 0.1) is 5.69 Å². The summed E-state index contributed by atoms with van der Waals surface area (Å²) in [5, 5.41) is 2.86. The van der Waals surface area contributed by atoms with Crippen molar-refractivity contribution in [3.63, 3.8) is 0 Å². The zero-order valence-corrected chi connectivity index (χ0v) is 14.8. The van der Waals surface area contributed by atoms with E-state index in [4.69, 9.17) is 5.73 Å². The predicted molar refractivity (Wildman–Crippen MR) is 107 cm³/mol. The van der Waals surface area contributed by atoms with Crippen LogP contribution in [0.3, 0.4) is 0 Å². The van der Waals surface area contributed by atoms with Crippen molar-refractivity contribution >= 4 is 17.5 Å². The van der Waals surface area contributed by atoms with Gasteiger partial charge in [-0.25, -0.2) is 9.97 Å². The van der Waals surface area contributed by atoms with Crippen molar-refractivity contribution in [2.45, 2.75) is 0 Å². The molecule has 7 heteroatoms. The Kier molecular flexibility index (Phi) is 4.71. The van der Waals surface area contributed by atoms with E-state index in [2.05, 4.69) is 25.3 Å². The molecule has 0 atom stereocenters. The highest BCUT2D eigenvalue weighted by atomic mass is 16.1. The van der Waals surface area contributed by atoms with Crippen LogP contribution in [0.2, 0.25) is 0 Å². The molecule has 0 aliphatic carbocycles. The molecule has 0 radical (unpaired) electrons. The van der Waals surface area contributed by atoms with Crippen molar-refractivity contribution in [3.8, 4) is 22.4 Å². The molecule has 1 amide bonds. The summed E-state index contributed by atoms with van der Waals surface area (Å²) in [7, 11) is 0. The van der Waals surface area contributed by atoms with Crippen LogP contribution in [0, 0.1) is 0 Å². The topological polar surface area (TPSA) is 107 Å². The number of nitrogens with two attached hydrogens (primary N) is 1. The highest BCUT2D eigenvalue weighted by molar-refractivity contribution is 6.03. The molecule has 28 heavy (non-hydrogen) atoms. The van der Waals surface area contributed by atoms with Crippen molar-refractivity contribution < 1.29 is 4.79 Å². The maximum atomic E-state index is 12.4. The van der Waals surface area contributed by atoms with Crippen LogP contribution in [0.5, 0.6) is 0 Å². The van der Waals surface area contributed by atoms with Gasteiger partial charge in [0.25, 0.3) is 5.91 Å². The Hall–Kier alpha value is -4.13. The summed E-state index contributed by atoms with van der Waals surface area (Å²) in [4.78, 5) is 29.1. The summed E-state index contributed by atoms with van der Waals surface area (Å²) in [6, 6.07) is 16.4. The van der Waals surface area contributed by atoms with E-state index in [9.17, 15) is 4.79 Å². The number of nitrogens with one attached hydrogen (secondary N) is 1. The smallest absolute Gasteiger partial charge is 0.274 e. The van der Waals surface area contributed by atoms with Crippen LogP contribution in [0.4, 0.5) is 11.6 Å². The Morgan fingerprint density at radius 3 is 2.57 bits per heavy atom. The van der Waals surface area contributed by atoms with E-state index in [1.165, 1.54) is 0 Å². The molecule has 0 saturated carbocycles. The van der Waals surface area contributed by atoms with Gasteiger partial charge in [0.15, 0.2) is 0 Å². The number of benzene rings is 1. The van der Waals surface area contributed by atoms with Crippen LogP contribution in [0.15, 0.2) is 79.4 Å². The first-order valence-corrected chi connectivity index (χ1v) is 8.56. The molecule has 0 fully saturated rings. The van der Waals surface area contributed by atoms with E-state index in [-0.39, 0.29) is 11.9 Å². The Morgan fingerprint density at radius 2 is 1.79 bits per heavy atom. The zero-order chi connectivity index (χ0) is 19.3. The Bertz CT molecular complexity index is 1120. The average molecular weight is 368 g/mol. The molecular weight excluding hydrogens is 352 g/mol. The SMILES string of the molecule is Nc1ncc(-c2cccc(NC(=O)c3ccccn3)c2)c(-c2cccnc2)n1. The second-order valence-electron chi connectivity index (χ2n) is 5.98. The van der Waals surface area contributed by atoms with Gasteiger partial charge in [-0.3, -0.25) is 14.8 Å². The van der Waals surface area contributed by atoms with Crippen LogP contribution >= 0.6 is 0 Å². The number of anilines is 2. The van der Waals surface area contributed by atoms with Gasteiger partial charge in [-0.15, -0.1) is 0 Å². The van der Waals surface area contributed by atoms with Crippen molar-refractivity contribution in [1.29, 1.82) is 0 Å².